The van der Waals surface area contributed by atoms with Crippen molar-refractivity contribution in [2.24, 2.45) is 0 Å². The van der Waals surface area contributed by atoms with E-state index in [-0.39, 0.29) is 5.91 Å². The summed E-state index contributed by atoms with van der Waals surface area (Å²) < 4.78 is 11.5. The number of hydrogen-bond donors (Lipinski definition) is 1. The average Bonchev–Trinajstić information content (AvgIpc) is 3.16. The van der Waals surface area contributed by atoms with E-state index in [2.05, 4.69) is 10.3 Å². The smallest absolute Gasteiger partial charge is 0.248 e. The Balaban J connectivity index is 1.59. The van der Waals surface area contributed by atoms with Gasteiger partial charge in [-0.25, -0.2) is 4.98 Å². The maximum Gasteiger partial charge on any atom is 0.248 e. The van der Waals surface area contributed by atoms with Crippen molar-refractivity contribution in [2.45, 2.75) is 26.9 Å². The van der Waals surface area contributed by atoms with Crippen LogP contribution >= 0.6 is 11.3 Å². The molecule has 1 N–H and O–H groups in total. The quantitative estimate of drug-likeness (QED) is 0.477. The number of hydrogen-bond acceptors (Lipinski definition) is 5. The number of ether oxygens (including phenoxy) is 2. The van der Waals surface area contributed by atoms with E-state index in [9.17, 15) is 4.79 Å². The predicted octanol–water partition coefficient (Wildman–Crippen LogP) is 5.47. The highest BCUT2D eigenvalue weighted by molar-refractivity contribution is 7.09. The number of anilines is 1. The first-order valence-corrected chi connectivity index (χ1v) is 10.4. The maximum absolute atomic E-state index is 12.3. The number of nitrogens with one attached hydrogen (secondary N) is 1. The highest BCUT2D eigenvalue weighted by Gasteiger charge is 2.05. The van der Waals surface area contributed by atoms with Crippen molar-refractivity contribution >= 4 is 29.0 Å². The van der Waals surface area contributed by atoms with Gasteiger partial charge in [-0.2, -0.15) is 0 Å². The summed E-state index contributed by atoms with van der Waals surface area (Å²) in [5.41, 5.74) is 2.45. The third-order valence-electron chi connectivity index (χ3n) is 3.95. The summed E-state index contributed by atoms with van der Waals surface area (Å²) in [6.45, 7) is 5.04. The van der Waals surface area contributed by atoms with Crippen LogP contribution in [0.15, 0.2) is 60.0 Å². The molecule has 29 heavy (non-hydrogen) atoms. The molecule has 0 spiro atoms. The third kappa shape index (κ3) is 6.47. The van der Waals surface area contributed by atoms with Gasteiger partial charge in [0.2, 0.25) is 5.91 Å². The van der Waals surface area contributed by atoms with E-state index in [4.69, 9.17) is 9.47 Å². The van der Waals surface area contributed by atoms with Crippen LogP contribution in [-0.2, 0) is 11.4 Å². The molecule has 0 atom stereocenters. The van der Waals surface area contributed by atoms with E-state index in [1.807, 2.05) is 67.8 Å². The lowest BCUT2D eigenvalue weighted by atomic mass is 10.2. The molecule has 0 saturated carbocycles. The third-order valence-corrected chi connectivity index (χ3v) is 4.77. The molecular formula is C23H24N2O3S. The summed E-state index contributed by atoms with van der Waals surface area (Å²) in [5.74, 6) is 1.18. The molecule has 0 aliphatic carbocycles. The zero-order chi connectivity index (χ0) is 20.5. The molecule has 3 rings (SSSR count). The Bertz CT molecular complexity index is 982. The van der Waals surface area contributed by atoms with E-state index >= 15 is 0 Å². The second-order valence-electron chi connectivity index (χ2n) is 6.39. The number of rotatable bonds is 9. The highest BCUT2D eigenvalue weighted by atomic mass is 32.1. The van der Waals surface area contributed by atoms with Crippen molar-refractivity contribution in [1.29, 1.82) is 0 Å². The molecule has 6 heteroatoms. The van der Waals surface area contributed by atoms with Crippen molar-refractivity contribution in [2.75, 3.05) is 11.9 Å². The zero-order valence-corrected chi connectivity index (χ0v) is 17.4. The molecule has 1 amide bonds. The molecule has 2 aromatic carbocycles. The Kier molecular flexibility index (Phi) is 7.41. The van der Waals surface area contributed by atoms with Gasteiger partial charge in [-0.3, -0.25) is 4.79 Å². The molecule has 0 saturated heterocycles. The summed E-state index contributed by atoms with van der Waals surface area (Å²) in [6.07, 6.45) is 4.16. The normalized spacial score (nSPS) is 10.8. The lowest BCUT2D eigenvalue weighted by molar-refractivity contribution is -0.111. The van der Waals surface area contributed by atoms with Crippen molar-refractivity contribution in [1.82, 2.24) is 4.98 Å². The molecule has 150 valence electrons. The SMILES string of the molecule is CCCOc1ccccc1NC(=O)C=Cc1cccc(OCc2csc(C)n2)c1. The Morgan fingerprint density at radius 1 is 1.17 bits per heavy atom. The van der Waals surface area contributed by atoms with Crippen LogP contribution < -0.4 is 14.8 Å². The van der Waals surface area contributed by atoms with Crippen LogP contribution in [0.5, 0.6) is 11.5 Å². The topological polar surface area (TPSA) is 60.5 Å². The van der Waals surface area contributed by atoms with Gasteiger partial charge in [-0.1, -0.05) is 31.2 Å². The van der Waals surface area contributed by atoms with Crippen LogP contribution in [0.3, 0.4) is 0 Å². The summed E-state index contributed by atoms with van der Waals surface area (Å²) in [6, 6.07) is 15.0. The van der Waals surface area contributed by atoms with Crippen LogP contribution in [0.2, 0.25) is 0 Å². The fourth-order valence-corrected chi connectivity index (χ4v) is 3.19. The second-order valence-corrected chi connectivity index (χ2v) is 7.45. The monoisotopic (exact) mass is 408 g/mol. The van der Waals surface area contributed by atoms with Crippen LogP contribution in [0, 0.1) is 6.92 Å². The summed E-state index contributed by atoms with van der Waals surface area (Å²) in [4.78, 5) is 16.7. The Morgan fingerprint density at radius 2 is 2.03 bits per heavy atom. The van der Waals surface area contributed by atoms with Gasteiger partial charge < -0.3 is 14.8 Å². The molecule has 3 aromatic rings. The fraction of sp³-hybridized carbons (Fsp3) is 0.217. The number of nitrogens with zero attached hydrogens (tertiary/aromatic N) is 1. The van der Waals surface area contributed by atoms with E-state index in [1.165, 1.54) is 6.08 Å². The molecule has 0 aliphatic heterocycles. The van der Waals surface area contributed by atoms with E-state index < -0.39 is 0 Å². The van der Waals surface area contributed by atoms with Crippen LogP contribution in [0.1, 0.15) is 29.6 Å². The first-order valence-electron chi connectivity index (χ1n) is 9.49. The van der Waals surface area contributed by atoms with Crippen molar-refractivity contribution < 1.29 is 14.3 Å². The van der Waals surface area contributed by atoms with Crippen molar-refractivity contribution in [3.63, 3.8) is 0 Å². The number of carbonyl (C=O) groups excluding carboxylic acids is 1. The lowest BCUT2D eigenvalue weighted by Crippen LogP contribution is -2.09. The highest BCUT2D eigenvalue weighted by Crippen LogP contribution is 2.24. The molecule has 0 fully saturated rings. The summed E-state index contributed by atoms with van der Waals surface area (Å²) in [7, 11) is 0. The predicted molar refractivity (Wildman–Crippen MR) is 118 cm³/mol. The van der Waals surface area contributed by atoms with Gasteiger partial charge in [0.1, 0.15) is 18.1 Å². The number of para-hydroxylation sites is 2. The molecule has 0 radical (unpaired) electrons. The average molecular weight is 409 g/mol. The van der Waals surface area contributed by atoms with Crippen LogP contribution in [0.4, 0.5) is 5.69 Å². The molecule has 0 unspecified atom stereocenters. The molecule has 1 aromatic heterocycles. The molecule has 1 heterocycles. The molecule has 0 bridgehead atoms. The first kappa shape index (κ1) is 20.6. The minimum absolute atomic E-state index is 0.221. The van der Waals surface area contributed by atoms with E-state index in [0.717, 1.165) is 28.4 Å². The lowest BCUT2D eigenvalue weighted by Gasteiger charge is -2.10. The van der Waals surface area contributed by atoms with Crippen molar-refractivity contribution in [3.05, 3.63) is 76.3 Å². The zero-order valence-electron chi connectivity index (χ0n) is 16.6. The minimum atomic E-state index is -0.221. The number of carbonyl (C=O) groups is 1. The van der Waals surface area contributed by atoms with Gasteiger partial charge in [0.15, 0.2) is 0 Å². The van der Waals surface area contributed by atoms with E-state index in [0.29, 0.717) is 24.7 Å². The van der Waals surface area contributed by atoms with Gasteiger partial charge in [0.05, 0.1) is 23.0 Å². The molecule has 0 aliphatic rings. The summed E-state index contributed by atoms with van der Waals surface area (Å²) in [5, 5.41) is 5.88. The number of benzene rings is 2. The van der Waals surface area contributed by atoms with Crippen LogP contribution in [0.25, 0.3) is 6.08 Å². The van der Waals surface area contributed by atoms with Gasteiger partial charge in [-0.15, -0.1) is 11.3 Å². The number of thiazole rings is 1. The largest absolute Gasteiger partial charge is 0.491 e. The standard InChI is InChI=1S/C23H24N2O3S/c1-3-13-27-22-10-5-4-9-21(22)25-23(26)12-11-18-7-6-8-20(14-18)28-15-19-16-29-17(2)24-19/h4-12,14,16H,3,13,15H2,1-2H3,(H,25,26). The Hall–Kier alpha value is -3.12. The summed E-state index contributed by atoms with van der Waals surface area (Å²) >= 11 is 1.60. The Labute approximate surface area is 175 Å². The van der Waals surface area contributed by atoms with Gasteiger partial charge in [0, 0.05) is 11.5 Å². The number of aryl methyl sites for hydroxylation is 1. The first-order chi connectivity index (χ1) is 14.1. The number of aromatic nitrogens is 1. The maximum atomic E-state index is 12.3. The molecule has 5 nitrogen and oxygen atoms in total. The van der Waals surface area contributed by atoms with Gasteiger partial charge in [-0.05, 0) is 49.2 Å². The fourth-order valence-electron chi connectivity index (χ4n) is 2.59. The second kappa shape index (κ2) is 10.4. The van der Waals surface area contributed by atoms with Crippen LogP contribution in [-0.4, -0.2) is 17.5 Å². The van der Waals surface area contributed by atoms with E-state index in [1.54, 1.807) is 17.4 Å². The van der Waals surface area contributed by atoms with Gasteiger partial charge in [0.25, 0.3) is 0 Å². The van der Waals surface area contributed by atoms with Crippen molar-refractivity contribution in [3.8, 4) is 11.5 Å². The number of amides is 1. The molecular weight excluding hydrogens is 384 g/mol. The minimum Gasteiger partial charge on any atom is -0.491 e. The van der Waals surface area contributed by atoms with Gasteiger partial charge >= 0.3 is 0 Å². The Morgan fingerprint density at radius 3 is 2.83 bits per heavy atom.